The third kappa shape index (κ3) is 4.86. The van der Waals surface area contributed by atoms with Crippen LogP contribution in [0.25, 0.3) is 0 Å². The molecule has 2 unspecified atom stereocenters. The second kappa shape index (κ2) is 6.42. The number of aromatic nitrogens is 2. The summed E-state index contributed by atoms with van der Waals surface area (Å²) in [5.41, 5.74) is 1.35. The van der Waals surface area contributed by atoms with Crippen molar-refractivity contribution in [1.82, 2.24) is 9.55 Å². The Kier molecular flexibility index (Phi) is 5.41. The van der Waals surface area contributed by atoms with Crippen LogP contribution in [-0.4, -0.2) is 29.3 Å². The number of ether oxygens (including phenoxy) is 1. The Hall–Kier alpha value is -1.03. The highest BCUT2D eigenvalue weighted by molar-refractivity contribution is 5.30. The van der Waals surface area contributed by atoms with Gasteiger partial charge in [0, 0.05) is 25.9 Å². The molecule has 4 nitrogen and oxygen atoms in total. The Labute approximate surface area is 117 Å². The van der Waals surface area contributed by atoms with Crippen LogP contribution in [0, 0.1) is 18.3 Å². The van der Waals surface area contributed by atoms with E-state index in [1.54, 1.807) is 7.11 Å². The maximum Gasteiger partial charge on any atom is 0.203 e. The van der Waals surface area contributed by atoms with Gasteiger partial charge in [-0.05, 0) is 25.2 Å². The Morgan fingerprint density at radius 3 is 2.53 bits per heavy atom. The molecular weight excluding hydrogens is 238 g/mol. The van der Waals surface area contributed by atoms with Gasteiger partial charge in [-0.15, -0.1) is 0 Å². The number of hydrogen-bond acceptors (Lipinski definition) is 3. The van der Waals surface area contributed by atoms with Gasteiger partial charge in [0.1, 0.15) is 0 Å². The zero-order valence-corrected chi connectivity index (χ0v) is 13.4. The van der Waals surface area contributed by atoms with Crippen molar-refractivity contribution >= 4 is 5.95 Å². The zero-order chi connectivity index (χ0) is 14.6. The SMILES string of the molecule is COCC(C)Nc1nc(C)cn1CC(C)C(C)(C)C. The lowest BCUT2D eigenvalue weighted by molar-refractivity contribution is 0.189. The first kappa shape index (κ1) is 16.0. The number of nitrogens with zero attached hydrogens (tertiary/aromatic N) is 2. The predicted octanol–water partition coefficient (Wildman–Crippen LogP) is 3.32. The van der Waals surface area contributed by atoms with Crippen LogP contribution in [0.5, 0.6) is 0 Å². The van der Waals surface area contributed by atoms with Crippen molar-refractivity contribution in [1.29, 1.82) is 0 Å². The fourth-order valence-corrected chi connectivity index (χ4v) is 1.88. The molecule has 0 aromatic carbocycles. The van der Waals surface area contributed by atoms with Crippen molar-refractivity contribution < 1.29 is 4.74 Å². The van der Waals surface area contributed by atoms with E-state index in [-0.39, 0.29) is 6.04 Å². The first-order chi connectivity index (χ1) is 8.74. The molecule has 1 aromatic rings. The van der Waals surface area contributed by atoms with Gasteiger partial charge in [0.05, 0.1) is 12.3 Å². The number of hydrogen-bond donors (Lipinski definition) is 1. The summed E-state index contributed by atoms with van der Waals surface area (Å²) in [4.78, 5) is 4.56. The topological polar surface area (TPSA) is 39.1 Å². The normalized spacial score (nSPS) is 15.3. The Morgan fingerprint density at radius 2 is 2.00 bits per heavy atom. The molecule has 0 fully saturated rings. The summed E-state index contributed by atoms with van der Waals surface area (Å²) < 4.78 is 7.38. The summed E-state index contributed by atoms with van der Waals surface area (Å²) in [5.74, 6) is 1.53. The van der Waals surface area contributed by atoms with Gasteiger partial charge >= 0.3 is 0 Å². The lowest BCUT2D eigenvalue weighted by atomic mass is 9.82. The summed E-state index contributed by atoms with van der Waals surface area (Å²) >= 11 is 0. The standard InChI is InChI=1S/C15H29N3O/c1-11(15(4,5)6)8-18-9-12(2)16-14(18)17-13(3)10-19-7/h9,11,13H,8,10H2,1-7H3,(H,16,17). The van der Waals surface area contributed by atoms with Crippen LogP contribution in [0.15, 0.2) is 6.20 Å². The largest absolute Gasteiger partial charge is 0.383 e. The van der Waals surface area contributed by atoms with Gasteiger partial charge < -0.3 is 14.6 Å². The minimum atomic E-state index is 0.260. The molecule has 0 radical (unpaired) electrons. The van der Waals surface area contributed by atoms with Gasteiger partial charge in [-0.1, -0.05) is 27.7 Å². The molecule has 0 aliphatic rings. The fraction of sp³-hybridized carbons (Fsp3) is 0.800. The number of imidazole rings is 1. The molecule has 0 aliphatic heterocycles. The zero-order valence-electron chi connectivity index (χ0n) is 13.4. The van der Waals surface area contributed by atoms with Gasteiger partial charge in [0.25, 0.3) is 0 Å². The highest BCUT2D eigenvalue weighted by Gasteiger charge is 2.21. The number of anilines is 1. The van der Waals surface area contributed by atoms with Crippen molar-refractivity contribution in [3.63, 3.8) is 0 Å². The van der Waals surface area contributed by atoms with Crippen LogP contribution in [0.1, 0.15) is 40.3 Å². The molecule has 19 heavy (non-hydrogen) atoms. The molecule has 0 spiro atoms. The Morgan fingerprint density at radius 1 is 1.37 bits per heavy atom. The number of aryl methyl sites for hydroxylation is 1. The van der Waals surface area contributed by atoms with Crippen LogP contribution in [0.2, 0.25) is 0 Å². The summed E-state index contributed by atoms with van der Waals surface area (Å²) in [6, 6.07) is 0.260. The molecule has 0 saturated carbocycles. The van der Waals surface area contributed by atoms with Crippen LogP contribution in [0.3, 0.4) is 0 Å². The van der Waals surface area contributed by atoms with Gasteiger partial charge in [0.2, 0.25) is 5.95 Å². The predicted molar refractivity (Wildman–Crippen MR) is 80.5 cm³/mol. The highest BCUT2D eigenvalue weighted by atomic mass is 16.5. The molecule has 4 heteroatoms. The second-order valence-corrected chi connectivity index (χ2v) is 6.63. The molecule has 110 valence electrons. The third-order valence-electron chi connectivity index (χ3n) is 3.64. The van der Waals surface area contributed by atoms with E-state index in [2.05, 4.69) is 55.7 Å². The van der Waals surface area contributed by atoms with E-state index in [1.165, 1.54) is 0 Å². The van der Waals surface area contributed by atoms with Crippen LogP contribution >= 0.6 is 0 Å². The summed E-state index contributed by atoms with van der Waals surface area (Å²) in [6.07, 6.45) is 2.12. The Bertz CT molecular complexity index is 393. The van der Waals surface area contributed by atoms with E-state index in [1.807, 2.05) is 6.92 Å². The summed E-state index contributed by atoms with van der Waals surface area (Å²) in [6.45, 7) is 14.9. The molecule has 1 heterocycles. The number of nitrogens with one attached hydrogen (secondary N) is 1. The van der Waals surface area contributed by atoms with Crippen LogP contribution in [-0.2, 0) is 11.3 Å². The molecule has 0 saturated heterocycles. The van der Waals surface area contributed by atoms with E-state index in [0.717, 1.165) is 18.2 Å². The molecule has 1 rings (SSSR count). The third-order valence-corrected chi connectivity index (χ3v) is 3.64. The van der Waals surface area contributed by atoms with Crippen molar-refractivity contribution in [3.8, 4) is 0 Å². The van der Waals surface area contributed by atoms with E-state index in [4.69, 9.17) is 4.74 Å². The maximum atomic E-state index is 5.16. The van der Waals surface area contributed by atoms with E-state index < -0.39 is 0 Å². The van der Waals surface area contributed by atoms with Crippen molar-refractivity contribution in [2.75, 3.05) is 19.0 Å². The quantitative estimate of drug-likeness (QED) is 0.859. The van der Waals surface area contributed by atoms with Gasteiger partial charge in [-0.25, -0.2) is 4.98 Å². The molecule has 0 aliphatic carbocycles. The van der Waals surface area contributed by atoms with Crippen LogP contribution in [0.4, 0.5) is 5.95 Å². The first-order valence-electron chi connectivity index (χ1n) is 7.03. The molecule has 1 N–H and O–H groups in total. The molecule has 0 bridgehead atoms. The maximum absolute atomic E-state index is 5.16. The lowest BCUT2D eigenvalue weighted by Gasteiger charge is -2.28. The monoisotopic (exact) mass is 267 g/mol. The second-order valence-electron chi connectivity index (χ2n) is 6.63. The smallest absolute Gasteiger partial charge is 0.203 e. The minimum Gasteiger partial charge on any atom is -0.383 e. The van der Waals surface area contributed by atoms with Gasteiger partial charge in [0.15, 0.2) is 0 Å². The average molecular weight is 267 g/mol. The summed E-state index contributed by atoms with van der Waals surface area (Å²) in [7, 11) is 1.72. The van der Waals surface area contributed by atoms with Crippen LogP contribution < -0.4 is 5.32 Å². The number of methoxy groups -OCH3 is 1. The minimum absolute atomic E-state index is 0.260. The van der Waals surface area contributed by atoms with E-state index in [9.17, 15) is 0 Å². The van der Waals surface area contributed by atoms with Crippen molar-refractivity contribution in [2.45, 2.75) is 54.1 Å². The molecule has 0 amide bonds. The number of rotatable bonds is 6. The molecule has 1 aromatic heterocycles. The average Bonchev–Trinajstić information content (AvgIpc) is 2.57. The van der Waals surface area contributed by atoms with E-state index >= 15 is 0 Å². The lowest BCUT2D eigenvalue weighted by Crippen LogP contribution is -2.26. The Balaban J connectivity index is 2.78. The fourth-order valence-electron chi connectivity index (χ4n) is 1.88. The van der Waals surface area contributed by atoms with Crippen molar-refractivity contribution in [2.24, 2.45) is 11.3 Å². The summed E-state index contributed by atoms with van der Waals surface area (Å²) in [5, 5.41) is 3.42. The van der Waals surface area contributed by atoms with E-state index in [0.29, 0.717) is 17.9 Å². The first-order valence-corrected chi connectivity index (χ1v) is 7.03. The van der Waals surface area contributed by atoms with Gasteiger partial charge in [-0.3, -0.25) is 0 Å². The highest BCUT2D eigenvalue weighted by Crippen LogP contribution is 2.27. The van der Waals surface area contributed by atoms with Crippen molar-refractivity contribution in [3.05, 3.63) is 11.9 Å². The van der Waals surface area contributed by atoms with Gasteiger partial charge in [-0.2, -0.15) is 0 Å². The molecule has 2 atom stereocenters. The molecular formula is C15H29N3O.